The van der Waals surface area contributed by atoms with Gasteiger partial charge >= 0.3 is 0 Å². The van der Waals surface area contributed by atoms with Crippen molar-refractivity contribution in [2.45, 2.75) is 38.2 Å². The number of hydrogen-bond donors (Lipinski definition) is 3. The fourth-order valence-electron chi connectivity index (χ4n) is 4.58. The standard InChI is InChI=1S/C19H25N5O2.CH2O2/c25-15-9-19(17(26)24(12-15)11-13-1-2-13)4-7-23(8-5-19)18-21-10-14-3-6-20-16(14)22-18;2-1-3/h3,6,10,13,15,25H,1-2,4-5,7-9,11-12H2,(H,20,21,22);1H,(H,2,3). The lowest BCUT2D eigenvalue weighted by molar-refractivity contribution is -0.154. The number of aliphatic hydroxyl groups is 1. The molecule has 1 amide bonds. The van der Waals surface area contributed by atoms with E-state index in [1.807, 2.05) is 23.4 Å². The number of aliphatic hydroxyl groups excluding tert-OH is 1. The minimum Gasteiger partial charge on any atom is -0.483 e. The lowest BCUT2D eigenvalue weighted by Gasteiger charge is -2.48. The summed E-state index contributed by atoms with van der Waals surface area (Å²) < 4.78 is 0. The van der Waals surface area contributed by atoms with Crippen molar-refractivity contribution in [2.24, 2.45) is 11.3 Å². The number of nitrogens with zero attached hydrogens (tertiary/aromatic N) is 4. The molecular formula is C20H27N5O4. The summed E-state index contributed by atoms with van der Waals surface area (Å²) in [6, 6.07) is 1.96. The Balaban J connectivity index is 0.000000645. The van der Waals surface area contributed by atoms with Crippen molar-refractivity contribution in [3.63, 3.8) is 0 Å². The molecule has 0 radical (unpaired) electrons. The fraction of sp³-hybridized carbons (Fsp3) is 0.600. The van der Waals surface area contributed by atoms with E-state index in [1.54, 1.807) is 0 Å². The molecule has 3 N–H and O–H groups in total. The van der Waals surface area contributed by atoms with E-state index in [4.69, 9.17) is 9.90 Å². The Kier molecular flexibility index (Phi) is 5.40. The van der Waals surface area contributed by atoms with Crippen LogP contribution in [0.15, 0.2) is 18.5 Å². The average molecular weight is 401 g/mol. The largest absolute Gasteiger partial charge is 0.483 e. The van der Waals surface area contributed by atoms with Gasteiger partial charge < -0.3 is 25.0 Å². The minimum absolute atomic E-state index is 0.250. The van der Waals surface area contributed by atoms with Crippen molar-refractivity contribution >= 4 is 29.4 Å². The number of rotatable bonds is 3. The van der Waals surface area contributed by atoms with E-state index in [1.165, 1.54) is 12.8 Å². The molecule has 4 heterocycles. The van der Waals surface area contributed by atoms with Crippen LogP contribution in [0.3, 0.4) is 0 Å². The third kappa shape index (κ3) is 4.05. The Morgan fingerprint density at radius 3 is 2.72 bits per heavy atom. The van der Waals surface area contributed by atoms with Crippen LogP contribution in [0.1, 0.15) is 32.1 Å². The average Bonchev–Trinajstić information content (AvgIpc) is 3.40. The number of fused-ring (bicyclic) bond motifs is 1. The van der Waals surface area contributed by atoms with Crippen molar-refractivity contribution in [1.82, 2.24) is 19.9 Å². The molecule has 3 aliphatic rings. The van der Waals surface area contributed by atoms with Gasteiger partial charge in [-0.2, -0.15) is 4.98 Å². The van der Waals surface area contributed by atoms with Gasteiger partial charge in [-0.15, -0.1) is 0 Å². The van der Waals surface area contributed by atoms with Crippen molar-refractivity contribution in [1.29, 1.82) is 0 Å². The first-order valence-corrected chi connectivity index (χ1v) is 10.1. The zero-order chi connectivity index (χ0) is 20.4. The van der Waals surface area contributed by atoms with Crippen LogP contribution >= 0.6 is 0 Å². The predicted octanol–water partition coefficient (Wildman–Crippen LogP) is 1.25. The number of amides is 1. The number of carboxylic acid groups (broad SMARTS) is 1. The third-order valence-electron chi connectivity index (χ3n) is 6.26. The van der Waals surface area contributed by atoms with E-state index in [-0.39, 0.29) is 12.4 Å². The van der Waals surface area contributed by atoms with Crippen molar-refractivity contribution < 1.29 is 19.8 Å². The highest BCUT2D eigenvalue weighted by Crippen LogP contribution is 2.43. The molecule has 0 bridgehead atoms. The Labute approximate surface area is 168 Å². The van der Waals surface area contributed by atoms with Crippen molar-refractivity contribution in [3.05, 3.63) is 18.5 Å². The molecule has 1 spiro atoms. The molecule has 2 aliphatic heterocycles. The Morgan fingerprint density at radius 1 is 1.31 bits per heavy atom. The highest BCUT2D eigenvalue weighted by molar-refractivity contribution is 5.84. The van der Waals surface area contributed by atoms with Crippen molar-refractivity contribution in [3.8, 4) is 0 Å². The normalized spacial score (nSPS) is 23.8. The Morgan fingerprint density at radius 2 is 2.03 bits per heavy atom. The number of aromatic nitrogens is 3. The molecule has 9 nitrogen and oxygen atoms in total. The second kappa shape index (κ2) is 7.98. The maximum atomic E-state index is 13.2. The van der Waals surface area contributed by atoms with Gasteiger partial charge in [-0.3, -0.25) is 9.59 Å². The molecule has 1 saturated carbocycles. The quantitative estimate of drug-likeness (QED) is 0.662. The number of carbonyl (C=O) groups is 2. The molecule has 1 unspecified atom stereocenters. The molecule has 3 fully saturated rings. The monoisotopic (exact) mass is 401 g/mol. The van der Waals surface area contributed by atoms with E-state index in [2.05, 4.69) is 19.9 Å². The van der Waals surface area contributed by atoms with Gasteiger partial charge in [-0.1, -0.05) is 0 Å². The second-order valence-corrected chi connectivity index (χ2v) is 8.34. The van der Waals surface area contributed by atoms with E-state index < -0.39 is 11.5 Å². The minimum atomic E-state index is -0.403. The van der Waals surface area contributed by atoms with Crippen LogP contribution in [0.2, 0.25) is 0 Å². The van der Waals surface area contributed by atoms with Crippen LogP contribution < -0.4 is 4.90 Å². The van der Waals surface area contributed by atoms with E-state index in [9.17, 15) is 9.90 Å². The highest BCUT2D eigenvalue weighted by atomic mass is 16.3. The van der Waals surface area contributed by atoms with E-state index in [0.717, 1.165) is 43.5 Å². The molecule has 156 valence electrons. The SMILES string of the molecule is O=C1N(CC2CC2)CC(O)CC12CCN(c1ncc3cc[nH]c3n1)CC2.O=CO. The number of aromatic amines is 1. The summed E-state index contributed by atoms with van der Waals surface area (Å²) in [6.07, 6.45) is 7.86. The number of hydrogen-bond acceptors (Lipinski definition) is 6. The predicted molar refractivity (Wildman–Crippen MR) is 106 cm³/mol. The maximum Gasteiger partial charge on any atom is 0.290 e. The molecule has 2 aromatic heterocycles. The lowest BCUT2D eigenvalue weighted by Crippen LogP contribution is -2.58. The van der Waals surface area contributed by atoms with Gasteiger partial charge in [0.1, 0.15) is 5.65 Å². The Hall–Kier alpha value is -2.68. The Bertz CT molecular complexity index is 871. The first-order valence-electron chi connectivity index (χ1n) is 10.1. The van der Waals surface area contributed by atoms with Gasteiger partial charge in [0.05, 0.1) is 11.5 Å². The van der Waals surface area contributed by atoms with Crippen LogP contribution in [0.4, 0.5) is 5.95 Å². The van der Waals surface area contributed by atoms with E-state index in [0.29, 0.717) is 24.8 Å². The number of β-amino-alcohol motifs (C(OH)–C–C–N with tert-alkyl or cyclic N) is 1. The van der Waals surface area contributed by atoms with E-state index >= 15 is 0 Å². The zero-order valence-corrected chi connectivity index (χ0v) is 16.3. The smallest absolute Gasteiger partial charge is 0.290 e. The number of carbonyl (C=O) groups excluding carboxylic acids is 1. The zero-order valence-electron chi connectivity index (χ0n) is 16.3. The van der Waals surface area contributed by atoms with Crippen LogP contribution in [-0.4, -0.2) is 74.7 Å². The third-order valence-corrected chi connectivity index (χ3v) is 6.26. The van der Waals surface area contributed by atoms with Gasteiger partial charge in [0.2, 0.25) is 11.9 Å². The summed E-state index contributed by atoms with van der Waals surface area (Å²) in [6.45, 7) is 2.59. The maximum absolute atomic E-state index is 13.2. The molecular weight excluding hydrogens is 374 g/mol. The van der Waals surface area contributed by atoms with Crippen LogP contribution in [0, 0.1) is 11.3 Å². The van der Waals surface area contributed by atoms with Gasteiger partial charge in [0.25, 0.3) is 6.47 Å². The first kappa shape index (κ1) is 19.6. The van der Waals surface area contributed by atoms with Crippen LogP contribution in [0.5, 0.6) is 0 Å². The number of H-pyrrole nitrogens is 1. The summed E-state index contributed by atoms with van der Waals surface area (Å²) in [5.41, 5.74) is 0.439. The molecule has 9 heteroatoms. The number of nitrogens with one attached hydrogen (secondary N) is 1. The van der Waals surface area contributed by atoms with Crippen LogP contribution in [-0.2, 0) is 9.59 Å². The summed E-state index contributed by atoms with van der Waals surface area (Å²) in [4.78, 5) is 37.8. The molecule has 0 aromatic carbocycles. The molecule has 2 aromatic rings. The van der Waals surface area contributed by atoms with Gasteiger partial charge in [0.15, 0.2) is 0 Å². The molecule has 2 saturated heterocycles. The summed E-state index contributed by atoms with van der Waals surface area (Å²) in [7, 11) is 0. The second-order valence-electron chi connectivity index (χ2n) is 8.34. The molecule has 5 rings (SSSR count). The summed E-state index contributed by atoms with van der Waals surface area (Å²) in [5.74, 6) is 1.63. The van der Waals surface area contributed by atoms with Gasteiger partial charge in [-0.25, -0.2) is 4.98 Å². The molecule has 29 heavy (non-hydrogen) atoms. The number of likely N-dealkylation sites (tertiary alicyclic amines) is 1. The summed E-state index contributed by atoms with van der Waals surface area (Å²) in [5, 5.41) is 18.3. The highest BCUT2D eigenvalue weighted by Gasteiger charge is 2.49. The topological polar surface area (TPSA) is 123 Å². The fourth-order valence-corrected chi connectivity index (χ4v) is 4.58. The van der Waals surface area contributed by atoms with Crippen LogP contribution in [0.25, 0.3) is 11.0 Å². The summed E-state index contributed by atoms with van der Waals surface area (Å²) >= 11 is 0. The van der Waals surface area contributed by atoms with Crippen molar-refractivity contribution in [2.75, 3.05) is 31.1 Å². The first-order chi connectivity index (χ1) is 14.0. The van der Waals surface area contributed by atoms with Gasteiger partial charge in [-0.05, 0) is 44.1 Å². The molecule has 1 atom stereocenters. The molecule has 1 aliphatic carbocycles. The lowest BCUT2D eigenvalue weighted by atomic mass is 9.71. The number of anilines is 1. The number of piperidine rings is 2. The van der Waals surface area contributed by atoms with Gasteiger partial charge in [0, 0.05) is 44.0 Å².